The van der Waals surface area contributed by atoms with Gasteiger partial charge in [-0.25, -0.2) is 4.98 Å². The number of nitrogens with zero attached hydrogens (tertiary/aromatic N) is 2. The van der Waals surface area contributed by atoms with Crippen molar-refractivity contribution in [1.82, 2.24) is 14.9 Å². The van der Waals surface area contributed by atoms with Crippen LogP contribution in [0.4, 0.5) is 0 Å². The van der Waals surface area contributed by atoms with E-state index in [1.54, 1.807) is 0 Å². The zero-order chi connectivity index (χ0) is 14.1. The van der Waals surface area contributed by atoms with Crippen molar-refractivity contribution in [2.45, 2.75) is 46.2 Å². The summed E-state index contributed by atoms with van der Waals surface area (Å²) in [5.74, 6) is 1.15. The molecule has 0 unspecified atom stereocenters. The lowest BCUT2D eigenvalue weighted by molar-refractivity contribution is 0.401. The SMILES string of the molecule is Cc1ccc(CC[C@@H]2NCCn3c(C)nc(C)c32)cc1. The number of rotatable bonds is 3. The predicted octanol–water partition coefficient (Wildman–Crippen LogP) is 3.09. The lowest BCUT2D eigenvalue weighted by Crippen LogP contribution is -2.34. The van der Waals surface area contributed by atoms with Crippen LogP contribution in [-0.2, 0) is 13.0 Å². The highest BCUT2D eigenvalue weighted by molar-refractivity contribution is 5.24. The summed E-state index contributed by atoms with van der Waals surface area (Å²) in [5, 5.41) is 3.65. The molecule has 0 radical (unpaired) electrons. The van der Waals surface area contributed by atoms with Gasteiger partial charge in [-0.2, -0.15) is 0 Å². The summed E-state index contributed by atoms with van der Waals surface area (Å²) < 4.78 is 2.38. The van der Waals surface area contributed by atoms with Crippen LogP contribution in [0, 0.1) is 20.8 Å². The molecule has 0 saturated heterocycles. The second kappa shape index (κ2) is 5.41. The summed E-state index contributed by atoms with van der Waals surface area (Å²) in [6.45, 7) is 8.46. The van der Waals surface area contributed by atoms with Gasteiger partial charge < -0.3 is 9.88 Å². The minimum Gasteiger partial charge on any atom is -0.329 e. The van der Waals surface area contributed by atoms with Gasteiger partial charge in [0.05, 0.1) is 11.4 Å². The van der Waals surface area contributed by atoms with E-state index in [-0.39, 0.29) is 0 Å². The molecule has 20 heavy (non-hydrogen) atoms. The maximum absolute atomic E-state index is 4.63. The Balaban J connectivity index is 1.75. The minimum atomic E-state index is 0.436. The molecule has 0 fully saturated rings. The van der Waals surface area contributed by atoms with E-state index >= 15 is 0 Å². The highest BCUT2D eigenvalue weighted by atomic mass is 15.2. The Hall–Kier alpha value is -1.61. The van der Waals surface area contributed by atoms with Crippen LogP contribution < -0.4 is 5.32 Å². The van der Waals surface area contributed by atoms with Crippen LogP contribution in [0.3, 0.4) is 0 Å². The summed E-state index contributed by atoms with van der Waals surface area (Å²) in [6, 6.07) is 9.32. The van der Waals surface area contributed by atoms with Crippen molar-refractivity contribution in [3.63, 3.8) is 0 Å². The first kappa shape index (κ1) is 13.4. The van der Waals surface area contributed by atoms with Gasteiger partial charge in [-0.15, -0.1) is 0 Å². The Labute approximate surface area is 121 Å². The van der Waals surface area contributed by atoms with Crippen LogP contribution in [0.2, 0.25) is 0 Å². The molecular weight excluding hydrogens is 246 g/mol. The molecule has 1 aliphatic rings. The van der Waals surface area contributed by atoms with Gasteiger partial charge in [0.15, 0.2) is 0 Å². The van der Waals surface area contributed by atoms with E-state index in [9.17, 15) is 0 Å². The van der Waals surface area contributed by atoms with E-state index in [1.165, 1.54) is 22.5 Å². The Morgan fingerprint density at radius 2 is 1.95 bits per heavy atom. The van der Waals surface area contributed by atoms with Crippen LogP contribution in [0.1, 0.15) is 40.8 Å². The average molecular weight is 269 g/mol. The van der Waals surface area contributed by atoms with E-state index in [1.807, 2.05) is 0 Å². The first-order valence-corrected chi connectivity index (χ1v) is 7.47. The second-order valence-corrected chi connectivity index (χ2v) is 5.81. The molecule has 2 aromatic rings. The second-order valence-electron chi connectivity index (χ2n) is 5.81. The fourth-order valence-electron chi connectivity index (χ4n) is 3.20. The molecule has 0 saturated carbocycles. The van der Waals surface area contributed by atoms with Gasteiger partial charge in [0.25, 0.3) is 0 Å². The molecule has 0 spiro atoms. The third-order valence-electron chi connectivity index (χ3n) is 4.28. The average Bonchev–Trinajstić information content (AvgIpc) is 2.74. The Kier molecular flexibility index (Phi) is 3.62. The molecule has 3 rings (SSSR count). The van der Waals surface area contributed by atoms with Crippen LogP contribution in [0.25, 0.3) is 0 Å². The molecule has 2 heterocycles. The number of aryl methyl sites for hydroxylation is 4. The Bertz CT molecular complexity index is 595. The molecule has 1 atom stereocenters. The molecule has 1 aromatic heterocycles. The lowest BCUT2D eigenvalue weighted by Gasteiger charge is -2.27. The third kappa shape index (κ3) is 2.50. The highest BCUT2D eigenvalue weighted by Crippen LogP contribution is 2.26. The van der Waals surface area contributed by atoms with Crippen LogP contribution in [0.15, 0.2) is 24.3 Å². The number of imidazole rings is 1. The van der Waals surface area contributed by atoms with Crippen molar-refractivity contribution in [2.75, 3.05) is 6.54 Å². The molecular formula is C17H23N3. The summed E-state index contributed by atoms with van der Waals surface area (Å²) in [7, 11) is 0. The number of nitrogens with one attached hydrogen (secondary N) is 1. The molecule has 1 aliphatic heterocycles. The van der Waals surface area contributed by atoms with Crippen molar-refractivity contribution in [3.05, 3.63) is 52.6 Å². The zero-order valence-electron chi connectivity index (χ0n) is 12.6. The van der Waals surface area contributed by atoms with Gasteiger partial charge in [-0.05, 0) is 39.2 Å². The topological polar surface area (TPSA) is 29.9 Å². The van der Waals surface area contributed by atoms with Crippen LogP contribution in [0.5, 0.6) is 0 Å². The van der Waals surface area contributed by atoms with Crippen molar-refractivity contribution in [2.24, 2.45) is 0 Å². The van der Waals surface area contributed by atoms with E-state index in [0.717, 1.165) is 31.8 Å². The molecule has 3 heteroatoms. The molecule has 106 valence electrons. The van der Waals surface area contributed by atoms with Crippen molar-refractivity contribution >= 4 is 0 Å². The Morgan fingerprint density at radius 1 is 1.20 bits per heavy atom. The van der Waals surface area contributed by atoms with Crippen molar-refractivity contribution in [3.8, 4) is 0 Å². The smallest absolute Gasteiger partial charge is 0.106 e. The molecule has 0 aliphatic carbocycles. The van der Waals surface area contributed by atoms with Crippen molar-refractivity contribution in [1.29, 1.82) is 0 Å². The standard InChI is InChI=1S/C17H23N3/c1-12-4-6-15(7-5-12)8-9-16-17-13(2)19-14(3)20(17)11-10-18-16/h4-7,16,18H,8-11H2,1-3H3/t16-/m0/s1. The fourth-order valence-corrected chi connectivity index (χ4v) is 3.20. The van der Waals surface area contributed by atoms with E-state index < -0.39 is 0 Å². The fraction of sp³-hybridized carbons (Fsp3) is 0.471. The van der Waals surface area contributed by atoms with Gasteiger partial charge in [0.1, 0.15) is 5.82 Å². The lowest BCUT2D eigenvalue weighted by atomic mass is 10.00. The molecule has 0 amide bonds. The maximum Gasteiger partial charge on any atom is 0.106 e. The molecule has 1 N–H and O–H groups in total. The van der Waals surface area contributed by atoms with Crippen LogP contribution >= 0.6 is 0 Å². The largest absolute Gasteiger partial charge is 0.329 e. The predicted molar refractivity (Wildman–Crippen MR) is 81.9 cm³/mol. The third-order valence-corrected chi connectivity index (χ3v) is 4.28. The van der Waals surface area contributed by atoms with E-state index in [2.05, 4.69) is 59.9 Å². The van der Waals surface area contributed by atoms with E-state index in [4.69, 9.17) is 0 Å². The number of benzene rings is 1. The molecule has 1 aromatic carbocycles. The van der Waals surface area contributed by atoms with E-state index in [0.29, 0.717) is 6.04 Å². The summed E-state index contributed by atoms with van der Waals surface area (Å²) in [5.41, 5.74) is 5.32. The quantitative estimate of drug-likeness (QED) is 0.928. The number of hydrogen-bond acceptors (Lipinski definition) is 2. The monoisotopic (exact) mass is 269 g/mol. The minimum absolute atomic E-state index is 0.436. The zero-order valence-corrected chi connectivity index (χ0v) is 12.6. The van der Waals surface area contributed by atoms with Gasteiger partial charge in [0.2, 0.25) is 0 Å². The highest BCUT2D eigenvalue weighted by Gasteiger charge is 2.24. The number of fused-ring (bicyclic) bond motifs is 1. The summed E-state index contributed by atoms with van der Waals surface area (Å²) >= 11 is 0. The molecule has 0 bridgehead atoms. The van der Waals surface area contributed by atoms with Gasteiger partial charge in [-0.3, -0.25) is 0 Å². The maximum atomic E-state index is 4.63. The summed E-state index contributed by atoms with van der Waals surface area (Å²) in [6.07, 6.45) is 2.25. The first-order chi connectivity index (χ1) is 9.65. The number of hydrogen-bond donors (Lipinski definition) is 1. The van der Waals surface area contributed by atoms with Crippen molar-refractivity contribution < 1.29 is 0 Å². The van der Waals surface area contributed by atoms with Gasteiger partial charge in [0, 0.05) is 19.1 Å². The Morgan fingerprint density at radius 3 is 2.70 bits per heavy atom. The van der Waals surface area contributed by atoms with Gasteiger partial charge in [-0.1, -0.05) is 29.8 Å². The normalized spacial score (nSPS) is 18.1. The first-order valence-electron chi connectivity index (χ1n) is 7.47. The molecule has 3 nitrogen and oxygen atoms in total. The van der Waals surface area contributed by atoms with Crippen LogP contribution in [-0.4, -0.2) is 16.1 Å². The van der Waals surface area contributed by atoms with Gasteiger partial charge >= 0.3 is 0 Å². The number of aromatic nitrogens is 2. The summed E-state index contributed by atoms with van der Waals surface area (Å²) in [4.78, 5) is 4.63.